The number of hydrogen-bond acceptors (Lipinski definition) is 3. The third-order valence-corrected chi connectivity index (χ3v) is 5.75. The van der Waals surface area contributed by atoms with Crippen molar-refractivity contribution >= 4 is 34.3 Å². The van der Waals surface area contributed by atoms with Crippen molar-refractivity contribution in [1.82, 2.24) is 20.6 Å². The van der Waals surface area contributed by atoms with Gasteiger partial charge in [-0.2, -0.15) is 0 Å². The maximum atomic E-state index is 14.5. The summed E-state index contributed by atoms with van der Waals surface area (Å²) in [6, 6.07) is 6.47. The molecule has 0 fully saturated rings. The minimum absolute atomic E-state index is 0.00538. The number of halogens is 4. The molecule has 2 aromatic heterocycles. The summed E-state index contributed by atoms with van der Waals surface area (Å²) in [7, 11) is 0. The summed E-state index contributed by atoms with van der Waals surface area (Å²) in [6.45, 7) is 1.08. The molecule has 0 aliphatic rings. The molecule has 2 aromatic carbocycles. The molecular weight excluding hydrogens is 481 g/mol. The van der Waals surface area contributed by atoms with Gasteiger partial charge >= 0.3 is 0 Å². The number of benzene rings is 2. The lowest BCUT2D eigenvalue weighted by molar-refractivity contribution is -0.119. The van der Waals surface area contributed by atoms with E-state index < -0.39 is 23.4 Å². The highest BCUT2D eigenvalue weighted by atomic mass is 35.5. The van der Waals surface area contributed by atoms with Gasteiger partial charge in [0, 0.05) is 67.1 Å². The van der Waals surface area contributed by atoms with Crippen LogP contribution in [0.1, 0.15) is 39.5 Å². The summed E-state index contributed by atoms with van der Waals surface area (Å²) in [5.74, 6) is -2.65. The van der Waals surface area contributed by atoms with Crippen molar-refractivity contribution in [2.24, 2.45) is 0 Å². The SMILES string of the molecule is CC(=O)NCc1cc(F)c(Cc2cncc(C(=O)NCc3cc4c(Cl)c[nH]c4cc3F)c2)cc1F. The molecule has 0 saturated carbocycles. The Bertz CT molecular complexity index is 1440. The van der Waals surface area contributed by atoms with E-state index in [0.717, 1.165) is 12.1 Å². The van der Waals surface area contributed by atoms with Crippen molar-refractivity contribution in [2.45, 2.75) is 26.4 Å². The highest BCUT2D eigenvalue weighted by Crippen LogP contribution is 2.26. The highest BCUT2D eigenvalue weighted by molar-refractivity contribution is 6.35. The first-order valence-corrected chi connectivity index (χ1v) is 11.0. The molecule has 0 aliphatic carbocycles. The Morgan fingerprint density at radius 1 is 0.914 bits per heavy atom. The van der Waals surface area contributed by atoms with Crippen LogP contribution in [-0.2, 0) is 24.3 Å². The van der Waals surface area contributed by atoms with Crippen LogP contribution in [0.3, 0.4) is 0 Å². The lowest BCUT2D eigenvalue weighted by Gasteiger charge is -2.10. The van der Waals surface area contributed by atoms with Gasteiger partial charge in [0.05, 0.1) is 10.6 Å². The lowest BCUT2D eigenvalue weighted by atomic mass is 10.0. The van der Waals surface area contributed by atoms with Crippen LogP contribution < -0.4 is 10.6 Å². The Morgan fingerprint density at radius 3 is 2.34 bits per heavy atom. The summed E-state index contributed by atoms with van der Waals surface area (Å²) in [4.78, 5) is 30.5. The van der Waals surface area contributed by atoms with Gasteiger partial charge < -0.3 is 15.6 Å². The summed E-state index contributed by atoms with van der Waals surface area (Å²) >= 11 is 6.08. The fourth-order valence-electron chi connectivity index (χ4n) is 3.62. The first-order chi connectivity index (χ1) is 16.7. The molecule has 4 rings (SSSR count). The topological polar surface area (TPSA) is 86.9 Å². The van der Waals surface area contributed by atoms with Crippen molar-refractivity contribution in [3.05, 3.63) is 99.2 Å². The Balaban J connectivity index is 1.46. The zero-order valence-corrected chi connectivity index (χ0v) is 19.3. The van der Waals surface area contributed by atoms with Gasteiger partial charge in [0.25, 0.3) is 5.91 Å². The summed E-state index contributed by atoms with van der Waals surface area (Å²) in [6.07, 6.45) is 4.32. The standard InChI is InChI=1S/C25H20ClF3N4O2/c1-13(34)31-10-17-6-21(27)15(5-22(17)28)2-14-3-18(9-30-8-14)25(35)33-11-16-4-19-20(26)12-32-24(19)7-23(16)29/h3-9,12,32H,2,10-11H2,1H3,(H,31,34)(H,33,35). The van der Waals surface area contributed by atoms with Gasteiger partial charge in [-0.3, -0.25) is 14.6 Å². The number of fused-ring (bicyclic) bond motifs is 1. The van der Waals surface area contributed by atoms with E-state index >= 15 is 0 Å². The van der Waals surface area contributed by atoms with Gasteiger partial charge in [0.15, 0.2) is 0 Å². The first kappa shape index (κ1) is 24.3. The van der Waals surface area contributed by atoms with Crippen LogP contribution in [0.15, 0.2) is 48.9 Å². The second-order valence-electron chi connectivity index (χ2n) is 8.01. The van der Waals surface area contributed by atoms with Crippen molar-refractivity contribution in [2.75, 3.05) is 0 Å². The Hall–Kier alpha value is -3.85. The molecule has 10 heteroatoms. The summed E-state index contributed by atoms with van der Waals surface area (Å²) in [5, 5.41) is 6.14. The molecule has 0 radical (unpaired) electrons. The largest absolute Gasteiger partial charge is 0.360 e. The number of pyridine rings is 1. The number of rotatable bonds is 7. The molecule has 35 heavy (non-hydrogen) atoms. The van der Waals surface area contributed by atoms with E-state index in [0.29, 0.717) is 21.5 Å². The second kappa shape index (κ2) is 10.2. The number of amides is 2. The van der Waals surface area contributed by atoms with Crippen LogP contribution in [0.4, 0.5) is 13.2 Å². The molecule has 0 saturated heterocycles. The zero-order chi connectivity index (χ0) is 25.1. The Labute approximate surface area is 203 Å². The van der Waals surface area contributed by atoms with Crippen LogP contribution in [0.25, 0.3) is 10.9 Å². The average Bonchev–Trinajstić information content (AvgIpc) is 3.17. The minimum atomic E-state index is -0.654. The van der Waals surface area contributed by atoms with Gasteiger partial charge in [-0.25, -0.2) is 13.2 Å². The molecule has 2 amide bonds. The van der Waals surface area contributed by atoms with E-state index in [-0.39, 0.29) is 47.7 Å². The fraction of sp³-hybridized carbons (Fsp3) is 0.160. The number of hydrogen-bond donors (Lipinski definition) is 3. The molecule has 3 N–H and O–H groups in total. The second-order valence-corrected chi connectivity index (χ2v) is 8.42. The van der Waals surface area contributed by atoms with E-state index in [2.05, 4.69) is 20.6 Å². The third-order valence-electron chi connectivity index (χ3n) is 5.43. The predicted molar refractivity (Wildman–Crippen MR) is 125 cm³/mol. The number of H-pyrrole nitrogens is 1. The van der Waals surface area contributed by atoms with Gasteiger partial charge in [0.1, 0.15) is 17.5 Å². The molecule has 6 nitrogen and oxygen atoms in total. The molecule has 0 unspecified atom stereocenters. The van der Waals surface area contributed by atoms with Crippen molar-refractivity contribution in [1.29, 1.82) is 0 Å². The lowest BCUT2D eigenvalue weighted by Crippen LogP contribution is -2.23. The van der Waals surface area contributed by atoms with Gasteiger partial charge in [0.2, 0.25) is 5.91 Å². The van der Waals surface area contributed by atoms with Crippen LogP contribution in [0, 0.1) is 17.5 Å². The number of carbonyl (C=O) groups is 2. The van der Waals surface area contributed by atoms with E-state index in [4.69, 9.17) is 11.6 Å². The monoisotopic (exact) mass is 500 g/mol. The molecule has 0 spiro atoms. The number of carbonyl (C=O) groups excluding carboxylic acids is 2. The van der Waals surface area contributed by atoms with E-state index in [1.54, 1.807) is 12.3 Å². The van der Waals surface area contributed by atoms with Crippen LogP contribution in [-0.4, -0.2) is 21.8 Å². The van der Waals surface area contributed by atoms with E-state index in [1.807, 2.05) is 0 Å². The first-order valence-electron chi connectivity index (χ1n) is 10.6. The molecule has 0 aliphatic heterocycles. The number of aromatic amines is 1. The molecule has 180 valence electrons. The Morgan fingerprint density at radius 2 is 1.57 bits per heavy atom. The van der Waals surface area contributed by atoms with Crippen molar-refractivity contribution in [3.63, 3.8) is 0 Å². The number of nitrogens with one attached hydrogen (secondary N) is 3. The van der Waals surface area contributed by atoms with Crippen LogP contribution >= 0.6 is 11.6 Å². The average molecular weight is 501 g/mol. The minimum Gasteiger partial charge on any atom is -0.360 e. The van der Waals surface area contributed by atoms with E-state index in [1.165, 1.54) is 31.5 Å². The molecular formula is C25H20ClF3N4O2. The number of nitrogens with zero attached hydrogens (tertiary/aromatic N) is 1. The third kappa shape index (κ3) is 5.63. The number of aromatic nitrogens is 2. The zero-order valence-electron chi connectivity index (χ0n) is 18.5. The van der Waals surface area contributed by atoms with Gasteiger partial charge in [-0.15, -0.1) is 0 Å². The van der Waals surface area contributed by atoms with Crippen LogP contribution in [0.2, 0.25) is 5.02 Å². The van der Waals surface area contributed by atoms with E-state index in [9.17, 15) is 22.8 Å². The molecule has 0 atom stereocenters. The van der Waals surface area contributed by atoms with Gasteiger partial charge in [-0.05, 0) is 41.5 Å². The Kier molecular flexibility index (Phi) is 7.07. The molecule has 2 heterocycles. The van der Waals surface area contributed by atoms with Crippen molar-refractivity contribution in [3.8, 4) is 0 Å². The van der Waals surface area contributed by atoms with Gasteiger partial charge in [-0.1, -0.05) is 11.6 Å². The van der Waals surface area contributed by atoms with Crippen molar-refractivity contribution < 1.29 is 22.8 Å². The normalized spacial score (nSPS) is 11.0. The quantitative estimate of drug-likeness (QED) is 0.341. The molecule has 0 bridgehead atoms. The summed E-state index contributed by atoms with van der Waals surface area (Å²) < 4.78 is 43.2. The summed E-state index contributed by atoms with van der Waals surface area (Å²) in [5.41, 5.74) is 1.58. The highest BCUT2D eigenvalue weighted by Gasteiger charge is 2.14. The fourth-order valence-corrected chi connectivity index (χ4v) is 3.83. The maximum Gasteiger partial charge on any atom is 0.253 e. The maximum absolute atomic E-state index is 14.5. The van der Waals surface area contributed by atoms with Crippen LogP contribution in [0.5, 0.6) is 0 Å². The smallest absolute Gasteiger partial charge is 0.253 e. The molecule has 4 aromatic rings. The predicted octanol–water partition coefficient (Wildman–Crippen LogP) is 4.79.